The van der Waals surface area contributed by atoms with Crippen molar-refractivity contribution in [2.45, 2.75) is 6.18 Å². The van der Waals surface area contributed by atoms with E-state index in [1.165, 1.54) is 31.6 Å². The number of hydrogen-bond donors (Lipinski definition) is 1. The van der Waals surface area contributed by atoms with Gasteiger partial charge in [-0.2, -0.15) is 18.2 Å². The number of halogens is 4. The molecule has 0 spiro atoms. The highest BCUT2D eigenvalue weighted by atomic mass is 35.5. The quantitative estimate of drug-likeness (QED) is 0.765. The zero-order valence-corrected chi connectivity index (χ0v) is 12.9. The summed E-state index contributed by atoms with van der Waals surface area (Å²) >= 11 is 6.04. The SMILES string of the molecule is CNc1nc(=O)n(-c2cnccc2Cl)c2nc(C(F)(F)F)ccc12. The fourth-order valence-corrected chi connectivity index (χ4v) is 2.39. The van der Waals surface area contributed by atoms with Crippen LogP contribution in [0.1, 0.15) is 5.69 Å². The Hall–Kier alpha value is -2.68. The van der Waals surface area contributed by atoms with E-state index in [2.05, 4.69) is 20.3 Å². The van der Waals surface area contributed by atoms with Crippen molar-refractivity contribution < 1.29 is 13.2 Å². The van der Waals surface area contributed by atoms with E-state index in [4.69, 9.17) is 11.6 Å². The third-order valence-corrected chi connectivity index (χ3v) is 3.58. The lowest BCUT2D eigenvalue weighted by molar-refractivity contribution is -0.141. The van der Waals surface area contributed by atoms with Crippen molar-refractivity contribution in [3.63, 3.8) is 0 Å². The normalized spacial score (nSPS) is 11.7. The van der Waals surface area contributed by atoms with Crippen LogP contribution < -0.4 is 11.0 Å². The average molecular weight is 356 g/mol. The second-order valence-electron chi connectivity index (χ2n) is 4.72. The lowest BCUT2D eigenvalue weighted by Gasteiger charge is -2.14. The minimum absolute atomic E-state index is 0.0937. The monoisotopic (exact) mass is 355 g/mol. The lowest BCUT2D eigenvalue weighted by atomic mass is 10.2. The first-order valence-corrected chi connectivity index (χ1v) is 6.99. The van der Waals surface area contributed by atoms with E-state index in [0.717, 1.165) is 10.6 Å². The Labute approximate surface area is 137 Å². The predicted molar refractivity (Wildman–Crippen MR) is 82.5 cm³/mol. The van der Waals surface area contributed by atoms with Crippen molar-refractivity contribution in [3.8, 4) is 5.69 Å². The molecular weight excluding hydrogens is 347 g/mol. The number of nitrogens with one attached hydrogen (secondary N) is 1. The summed E-state index contributed by atoms with van der Waals surface area (Å²) in [5, 5.41) is 3.04. The van der Waals surface area contributed by atoms with Crippen LogP contribution in [-0.2, 0) is 6.18 Å². The molecule has 0 bridgehead atoms. The number of anilines is 1. The maximum Gasteiger partial charge on any atom is 0.433 e. The zero-order chi connectivity index (χ0) is 17.5. The maximum atomic E-state index is 13.0. The maximum absolute atomic E-state index is 13.0. The number of fused-ring (bicyclic) bond motifs is 1. The van der Waals surface area contributed by atoms with Gasteiger partial charge in [0.2, 0.25) is 0 Å². The second kappa shape index (κ2) is 5.75. The highest BCUT2D eigenvalue weighted by Gasteiger charge is 2.33. The van der Waals surface area contributed by atoms with E-state index in [1.54, 1.807) is 0 Å². The molecule has 0 fully saturated rings. The van der Waals surface area contributed by atoms with Gasteiger partial charge in [-0.1, -0.05) is 11.6 Å². The molecule has 124 valence electrons. The molecule has 0 saturated heterocycles. The third-order valence-electron chi connectivity index (χ3n) is 3.26. The van der Waals surface area contributed by atoms with Gasteiger partial charge in [0.25, 0.3) is 0 Å². The van der Waals surface area contributed by atoms with Crippen molar-refractivity contribution in [3.05, 3.63) is 51.8 Å². The lowest BCUT2D eigenvalue weighted by Crippen LogP contribution is -2.25. The molecule has 0 atom stereocenters. The Morgan fingerprint density at radius 3 is 2.58 bits per heavy atom. The number of hydrogen-bond acceptors (Lipinski definition) is 5. The van der Waals surface area contributed by atoms with Crippen LogP contribution in [-0.4, -0.2) is 26.6 Å². The number of aromatic nitrogens is 4. The molecule has 1 N–H and O–H groups in total. The highest BCUT2D eigenvalue weighted by molar-refractivity contribution is 6.32. The number of nitrogens with zero attached hydrogens (tertiary/aromatic N) is 4. The molecule has 0 aliphatic heterocycles. The van der Waals surface area contributed by atoms with Gasteiger partial charge in [0, 0.05) is 13.2 Å². The summed E-state index contributed by atoms with van der Waals surface area (Å²) < 4.78 is 39.9. The molecule has 3 rings (SSSR count). The second-order valence-corrected chi connectivity index (χ2v) is 5.13. The highest BCUT2D eigenvalue weighted by Crippen LogP contribution is 2.31. The molecule has 24 heavy (non-hydrogen) atoms. The van der Waals surface area contributed by atoms with Crippen LogP contribution in [0.15, 0.2) is 35.4 Å². The standard InChI is InChI=1S/C14H9ClF3N5O/c1-19-11-7-2-3-10(14(16,17)18)21-12(7)23(13(24)22-11)9-6-20-5-4-8(9)15/h2-6H,1H3,(H,19,22,24). The Bertz CT molecular complexity index is 986. The molecule has 0 aromatic carbocycles. The molecule has 3 aromatic rings. The van der Waals surface area contributed by atoms with E-state index in [0.29, 0.717) is 0 Å². The molecule has 0 amide bonds. The smallest absolute Gasteiger partial charge is 0.372 e. The first kappa shape index (κ1) is 16.2. The summed E-state index contributed by atoms with van der Waals surface area (Å²) in [7, 11) is 1.50. The van der Waals surface area contributed by atoms with Gasteiger partial charge in [0.05, 0.1) is 22.3 Å². The van der Waals surface area contributed by atoms with Crippen LogP contribution in [0.25, 0.3) is 16.7 Å². The Morgan fingerprint density at radius 1 is 1.21 bits per heavy atom. The number of pyridine rings is 2. The summed E-state index contributed by atoms with van der Waals surface area (Å²) in [4.78, 5) is 23.6. The Morgan fingerprint density at radius 2 is 1.96 bits per heavy atom. The van der Waals surface area contributed by atoms with Crippen LogP contribution in [0.2, 0.25) is 5.02 Å². The minimum Gasteiger partial charge on any atom is -0.372 e. The van der Waals surface area contributed by atoms with Crippen LogP contribution in [0, 0.1) is 0 Å². The molecule has 0 saturated carbocycles. The molecule has 0 aliphatic rings. The van der Waals surface area contributed by atoms with E-state index in [-0.39, 0.29) is 27.6 Å². The van der Waals surface area contributed by atoms with Gasteiger partial charge in [0.1, 0.15) is 11.5 Å². The molecule has 10 heteroatoms. The van der Waals surface area contributed by atoms with Gasteiger partial charge < -0.3 is 5.32 Å². The van der Waals surface area contributed by atoms with Gasteiger partial charge in [-0.3, -0.25) is 4.98 Å². The van der Waals surface area contributed by atoms with Crippen molar-refractivity contribution in [2.24, 2.45) is 0 Å². The molecule has 0 radical (unpaired) electrons. The fourth-order valence-electron chi connectivity index (χ4n) is 2.20. The Kier molecular flexibility index (Phi) is 3.88. The minimum atomic E-state index is -4.66. The molecule has 0 aliphatic carbocycles. The van der Waals surface area contributed by atoms with Gasteiger partial charge in [-0.25, -0.2) is 14.3 Å². The Balaban J connectivity index is 2.46. The average Bonchev–Trinajstić information content (AvgIpc) is 2.54. The first-order chi connectivity index (χ1) is 11.3. The third kappa shape index (κ3) is 2.67. The fraction of sp³-hybridized carbons (Fsp3) is 0.143. The van der Waals surface area contributed by atoms with E-state index < -0.39 is 17.6 Å². The summed E-state index contributed by atoms with van der Waals surface area (Å²) in [5.41, 5.74) is -2.08. The van der Waals surface area contributed by atoms with Crippen LogP contribution >= 0.6 is 11.6 Å². The first-order valence-electron chi connectivity index (χ1n) is 6.61. The summed E-state index contributed by atoms with van der Waals surface area (Å²) in [6.07, 6.45) is -2.01. The van der Waals surface area contributed by atoms with E-state index >= 15 is 0 Å². The zero-order valence-electron chi connectivity index (χ0n) is 12.1. The van der Waals surface area contributed by atoms with Gasteiger partial charge >= 0.3 is 11.9 Å². The van der Waals surface area contributed by atoms with E-state index in [1.807, 2.05) is 0 Å². The van der Waals surface area contributed by atoms with Crippen molar-refractivity contribution in [1.29, 1.82) is 0 Å². The summed E-state index contributed by atoms with van der Waals surface area (Å²) in [6.45, 7) is 0. The van der Waals surface area contributed by atoms with Crippen molar-refractivity contribution >= 4 is 28.5 Å². The number of alkyl halides is 3. The van der Waals surface area contributed by atoms with Gasteiger partial charge in [-0.05, 0) is 18.2 Å². The van der Waals surface area contributed by atoms with Crippen LogP contribution in [0.5, 0.6) is 0 Å². The van der Waals surface area contributed by atoms with Gasteiger partial charge in [0.15, 0.2) is 5.65 Å². The number of rotatable bonds is 2. The van der Waals surface area contributed by atoms with Crippen LogP contribution in [0.4, 0.5) is 19.0 Å². The van der Waals surface area contributed by atoms with Crippen LogP contribution in [0.3, 0.4) is 0 Å². The topological polar surface area (TPSA) is 72.7 Å². The molecule has 3 aromatic heterocycles. The summed E-state index contributed by atoms with van der Waals surface area (Å²) in [6, 6.07) is 3.43. The molecule has 3 heterocycles. The van der Waals surface area contributed by atoms with Crippen molar-refractivity contribution in [2.75, 3.05) is 12.4 Å². The predicted octanol–water partition coefficient (Wildman–Crippen LogP) is 2.89. The molecule has 0 unspecified atom stereocenters. The molecular formula is C14H9ClF3N5O. The van der Waals surface area contributed by atoms with E-state index in [9.17, 15) is 18.0 Å². The largest absolute Gasteiger partial charge is 0.433 e. The molecule has 6 nitrogen and oxygen atoms in total. The summed E-state index contributed by atoms with van der Waals surface area (Å²) in [5.74, 6) is 0.118. The van der Waals surface area contributed by atoms with Gasteiger partial charge in [-0.15, -0.1) is 0 Å². The van der Waals surface area contributed by atoms with Crippen molar-refractivity contribution in [1.82, 2.24) is 19.5 Å².